The second-order valence-corrected chi connectivity index (χ2v) is 8.58. The molecule has 0 saturated heterocycles. The van der Waals surface area contributed by atoms with Crippen molar-refractivity contribution in [3.8, 4) is 11.5 Å². The van der Waals surface area contributed by atoms with Crippen LogP contribution in [0.1, 0.15) is 39.7 Å². The zero-order valence-electron chi connectivity index (χ0n) is 20.5. The molecule has 1 amide bonds. The van der Waals surface area contributed by atoms with Crippen LogP contribution in [0, 0.1) is 0 Å². The molecule has 0 aliphatic heterocycles. The summed E-state index contributed by atoms with van der Waals surface area (Å²) in [5.74, 6) is 1.66. The molecule has 0 saturated carbocycles. The molecule has 0 aliphatic carbocycles. The molecular weight excluding hydrogens is 454 g/mol. The summed E-state index contributed by atoms with van der Waals surface area (Å²) < 4.78 is 16.9. The van der Waals surface area contributed by atoms with Crippen molar-refractivity contribution in [1.29, 1.82) is 0 Å². The number of carbonyl (C=O) groups excluding carboxylic acids is 2. The highest BCUT2D eigenvalue weighted by molar-refractivity contribution is 5.91. The van der Waals surface area contributed by atoms with Crippen LogP contribution >= 0.6 is 0 Å². The van der Waals surface area contributed by atoms with Gasteiger partial charge in [-0.3, -0.25) is 9.59 Å². The number of furan rings is 1. The van der Waals surface area contributed by atoms with E-state index in [1.165, 1.54) is 6.26 Å². The molecule has 1 aromatic heterocycles. The third-order valence-electron chi connectivity index (χ3n) is 5.72. The van der Waals surface area contributed by atoms with Crippen molar-refractivity contribution in [3.63, 3.8) is 0 Å². The van der Waals surface area contributed by atoms with Gasteiger partial charge < -0.3 is 18.8 Å². The lowest BCUT2D eigenvalue weighted by atomic mass is 10.1. The molecule has 0 bridgehead atoms. The highest BCUT2D eigenvalue weighted by Crippen LogP contribution is 2.24. The third kappa shape index (κ3) is 6.63. The highest BCUT2D eigenvalue weighted by Gasteiger charge is 2.20. The van der Waals surface area contributed by atoms with Gasteiger partial charge in [0.05, 0.1) is 13.4 Å². The molecular formula is C30H29NO5. The van der Waals surface area contributed by atoms with Crippen LogP contribution in [-0.2, 0) is 30.9 Å². The van der Waals surface area contributed by atoms with Gasteiger partial charge in [0.25, 0.3) is 5.91 Å². The van der Waals surface area contributed by atoms with Crippen LogP contribution in [0.2, 0.25) is 0 Å². The molecule has 4 rings (SSSR count). The fourth-order valence-electron chi connectivity index (χ4n) is 3.97. The standard InChI is InChI=1S/C30H29NO5/c1-22(32)17-23-10-13-27(14-11-23)36-21-26-18-25(12-15-28(26)34-2)20-31(19-24-7-4-3-5-8-24)30(33)29-9-6-16-35-29/h3-16,18H,17,19-21H2,1-2H3. The van der Waals surface area contributed by atoms with E-state index in [-0.39, 0.29) is 11.7 Å². The van der Waals surface area contributed by atoms with Crippen molar-refractivity contribution in [2.45, 2.75) is 33.0 Å². The normalized spacial score (nSPS) is 10.6. The minimum absolute atomic E-state index is 0.122. The Kier molecular flexibility index (Phi) is 8.19. The number of ketones is 1. The van der Waals surface area contributed by atoms with Crippen LogP contribution in [0.3, 0.4) is 0 Å². The van der Waals surface area contributed by atoms with Crippen LogP contribution in [0.4, 0.5) is 0 Å². The predicted octanol–water partition coefficient (Wildman–Crippen LogP) is 5.84. The first-order valence-corrected chi connectivity index (χ1v) is 11.8. The van der Waals surface area contributed by atoms with E-state index in [4.69, 9.17) is 13.9 Å². The number of Topliss-reactive ketones (excluding diaryl/α,β-unsaturated/α-hetero) is 1. The monoisotopic (exact) mass is 483 g/mol. The zero-order valence-corrected chi connectivity index (χ0v) is 20.5. The number of methoxy groups -OCH3 is 1. The second kappa shape index (κ2) is 11.9. The van der Waals surface area contributed by atoms with Gasteiger partial charge in [-0.15, -0.1) is 0 Å². The predicted molar refractivity (Wildman–Crippen MR) is 137 cm³/mol. The molecule has 36 heavy (non-hydrogen) atoms. The van der Waals surface area contributed by atoms with Gasteiger partial charge in [0.15, 0.2) is 5.76 Å². The number of hydrogen-bond acceptors (Lipinski definition) is 5. The third-order valence-corrected chi connectivity index (χ3v) is 5.72. The summed E-state index contributed by atoms with van der Waals surface area (Å²) in [6, 6.07) is 26.6. The maximum atomic E-state index is 13.2. The first-order chi connectivity index (χ1) is 17.5. The second-order valence-electron chi connectivity index (χ2n) is 8.58. The molecule has 1 heterocycles. The van der Waals surface area contributed by atoms with Gasteiger partial charge in [-0.25, -0.2) is 0 Å². The van der Waals surface area contributed by atoms with Crippen molar-refractivity contribution in [2.75, 3.05) is 7.11 Å². The number of hydrogen-bond donors (Lipinski definition) is 0. The molecule has 0 aliphatic rings. The van der Waals surface area contributed by atoms with Gasteiger partial charge in [-0.1, -0.05) is 48.5 Å². The van der Waals surface area contributed by atoms with Crippen LogP contribution < -0.4 is 9.47 Å². The molecule has 3 aromatic carbocycles. The SMILES string of the molecule is COc1ccc(CN(Cc2ccccc2)C(=O)c2ccco2)cc1COc1ccc(CC(C)=O)cc1. The van der Waals surface area contributed by atoms with Gasteiger partial charge >= 0.3 is 0 Å². The lowest BCUT2D eigenvalue weighted by molar-refractivity contribution is -0.116. The van der Waals surface area contributed by atoms with Crippen molar-refractivity contribution >= 4 is 11.7 Å². The van der Waals surface area contributed by atoms with Gasteiger partial charge in [-0.05, 0) is 60.0 Å². The Bertz CT molecular complexity index is 1280. The summed E-state index contributed by atoms with van der Waals surface area (Å²) in [6.45, 7) is 2.72. The Hall–Kier alpha value is -4.32. The lowest BCUT2D eigenvalue weighted by Gasteiger charge is -2.23. The van der Waals surface area contributed by atoms with Crippen LogP contribution in [-0.4, -0.2) is 23.7 Å². The molecule has 4 aromatic rings. The van der Waals surface area contributed by atoms with E-state index in [0.717, 1.165) is 22.3 Å². The molecule has 0 unspecified atom stereocenters. The highest BCUT2D eigenvalue weighted by atomic mass is 16.5. The summed E-state index contributed by atoms with van der Waals surface area (Å²) >= 11 is 0. The van der Waals surface area contributed by atoms with Crippen molar-refractivity contribution in [2.24, 2.45) is 0 Å². The Morgan fingerprint density at radius 1 is 0.833 bits per heavy atom. The van der Waals surface area contributed by atoms with E-state index in [1.54, 1.807) is 31.1 Å². The number of benzene rings is 3. The Labute approximate surface area is 211 Å². The average Bonchev–Trinajstić information content (AvgIpc) is 3.43. The summed E-state index contributed by atoms with van der Waals surface area (Å²) in [4.78, 5) is 26.3. The Morgan fingerprint density at radius 2 is 1.56 bits per heavy atom. The maximum Gasteiger partial charge on any atom is 0.290 e. The van der Waals surface area contributed by atoms with E-state index in [0.29, 0.717) is 43.4 Å². The van der Waals surface area contributed by atoms with Crippen molar-refractivity contribution in [1.82, 2.24) is 4.90 Å². The van der Waals surface area contributed by atoms with Crippen LogP contribution in [0.5, 0.6) is 11.5 Å². The molecule has 6 nitrogen and oxygen atoms in total. The molecule has 0 fully saturated rings. The van der Waals surface area contributed by atoms with Crippen LogP contribution in [0.15, 0.2) is 95.6 Å². The fourth-order valence-corrected chi connectivity index (χ4v) is 3.97. The molecule has 184 valence electrons. The summed E-state index contributed by atoms with van der Waals surface area (Å²) in [6.07, 6.45) is 1.91. The van der Waals surface area contributed by atoms with Gasteiger partial charge in [0, 0.05) is 25.1 Å². The van der Waals surface area contributed by atoms with Crippen molar-refractivity contribution in [3.05, 3.63) is 119 Å². The Morgan fingerprint density at radius 3 is 2.22 bits per heavy atom. The smallest absolute Gasteiger partial charge is 0.290 e. The number of carbonyl (C=O) groups is 2. The fraction of sp³-hybridized carbons (Fsp3) is 0.200. The number of ether oxygens (including phenoxy) is 2. The minimum Gasteiger partial charge on any atom is -0.496 e. The zero-order chi connectivity index (χ0) is 25.3. The van der Waals surface area contributed by atoms with E-state index < -0.39 is 0 Å². The molecule has 0 spiro atoms. The minimum atomic E-state index is -0.178. The maximum absolute atomic E-state index is 13.2. The first kappa shape index (κ1) is 24.8. The van der Waals surface area contributed by atoms with Gasteiger partial charge in [-0.2, -0.15) is 0 Å². The summed E-state index contributed by atoms with van der Waals surface area (Å²) in [5, 5.41) is 0. The Balaban J connectivity index is 1.51. The summed E-state index contributed by atoms with van der Waals surface area (Å²) in [5.41, 5.74) is 3.80. The number of rotatable bonds is 11. The average molecular weight is 484 g/mol. The van der Waals surface area contributed by atoms with E-state index in [2.05, 4.69) is 0 Å². The van der Waals surface area contributed by atoms with Gasteiger partial charge in [0.2, 0.25) is 0 Å². The van der Waals surface area contributed by atoms with Crippen molar-refractivity contribution < 1.29 is 23.5 Å². The number of amides is 1. The van der Waals surface area contributed by atoms with E-state index in [1.807, 2.05) is 72.8 Å². The first-order valence-electron chi connectivity index (χ1n) is 11.8. The van der Waals surface area contributed by atoms with Gasteiger partial charge in [0.1, 0.15) is 23.9 Å². The van der Waals surface area contributed by atoms with E-state index >= 15 is 0 Å². The van der Waals surface area contributed by atoms with Crippen LogP contribution in [0.25, 0.3) is 0 Å². The molecule has 6 heteroatoms. The number of nitrogens with zero attached hydrogens (tertiary/aromatic N) is 1. The molecule has 0 radical (unpaired) electrons. The quantitative estimate of drug-likeness (QED) is 0.268. The van der Waals surface area contributed by atoms with E-state index in [9.17, 15) is 9.59 Å². The lowest BCUT2D eigenvalue weighted by Crippen LogP contribution is -2.30. The summed E-state index contributed by atoms with van der Waals surface area (Å²) in [7, 11) is 1.62. The topological polar surface area (TPSA) is 69.0 Å². The largest absolute Gasteiger partial charge is 0.496 e. The molecule has 0 N–H and O–H groups in total. The molecule has 0 atom stereocenters.